The maximum atomic E-state index is 11.6. The van der Waals surface area contributed by atoms with Crippen LogP contribution < -0.4 is 5.32 Å². The van der Waals surface area contributed by atoms with Gasteiger partial charge in [-0.1, -0.05) is 0 Å². The minimum absolute atomic E-state index is 0.174. The second-order valence-electron chi connectivity index (χ2n) is 4.20. The molecule has 1 aromatic rings. The molecule has 6 heteroatoms. The number of hydrogen-bond acceptors (Lipinski definition) is 3. The van der Waals surface area contributed by atoms with Crippen LogP contribution in [-0.4, -0.2) is 33.7 Å². The summed E-state index contributed by atoms with van der Waals surface area (Å²) < 4.78 is 0. The van der Waals surface area contributed by atoms with Crippen LogP contribution in [0, 0.1) is 12.3 Å². The number of aromatic amines is 1. The lowest BCUT2D eigenvalue weighted by Gasteiger charge is -2.09. The van der Waals surface area contributed by atoms with Crippen LogP contribution >= 0.6 is 0 Å². The van der Waals surface area contributed by atoms with E-state index in [0.717, 1.165) is 5.69 Å². The standard InChI is InChI=1S/C10H13N3O3/c1-6-4-7(13-12-6)8(14)11-5-10(2-3-10)9(15)16/h4H,2-3,5H2,1H3,(H,11,14)(H,12,13)(H,15,16). The summed E-state index contributed by atoms with van der Waals surface area (Å²) in [5, 5.41) is 18.0. The van der Waals surface area contributed by atoms with Crippen LogP contribution in [0.25, 0.3) is 0 Å². The van der Waals surface area contributed by atoms with Gasteiger partial charge in [0.2, 0.25) is 0 Å². The Morgan fingerprint density at radius 2 is 2.31 bits per heavy atom. The molecule has 16 heavy (non-hydrogen) atoms. The Morgan fingerprint density at radius 1 is 1.62 bits per heavy atom. The summed E-state index contributed by atoms with van der Waals surface area (Å²) >= 11 is 0. The predicted octanol–water partition coefficient (Wildman–Crippen LogP) is 0.313. The van der Waals surface area contributed by atoms with Crippen molar-refractivity contribution in [2.75, 3.05) is 6.54 Å². The zero-order valence-corrected chi connectivity index (χ0v) is 8.91. The molecule has 0 unspecified atom stereocenters. The number of aromatic nitrogens is 2. The fourth-order valence-electron chi connectivity index (χ4n) is 1.49. The van der Waals surface area contributed by atoms with E-state index in [9.17, 15) is 9.59 Å². The molecule has 0 radical (unpaired) electrons. The normalized spacial score (nSPS) is 16.8. The highest BCUT2D eigenvalue weighted by atomic mass is 16.4. The molecule has 1 aliphatic rings. The van der Waals surface area contributed by atoms with Gasteiger partial charge in [-0.25, -0.2) is 0 Å². The quantitative estimate of drug-likeness (QED) is 0.684. The summed E-state index contributed by atoms with van der Waals surface area (Å²) in [4.78, 5) is 22.4. The monoisotopic (exact) mass is 223 g/mol. The minimum atomic E-state index is -0.842. The van der Waals surface area contributed by atoms with E-state index in [2.05, 4.69) is 15.5 Å². The van der Waals surface area contributed by atoms with Crippen molar-refractivity contribution in [1.82, 2.24) is 15.5 Å². The molecule has 1 fully saturated rings. The molecule has 3 N–H and O–H groups in total. The zero-order chi connectivity index (χ0) is 11.8. The third-order valence-electron chi connectivity index (χ3n) is 2.83. The third kappa shape index (κ3) is 1.91. The van der Waals surface area contributed by atoms with E-state index in [1.165, 1.54) is 0 Å². The van der Waals surface area contributed by atoms with E-state index >= 15 is 0 Å². The largest absolute Gasteiger partial charge is 0.481 e. The highest BCUT2D eigenvalue weighted by Gasteiger charge is 2.50. The summed E-state index contributed by atoms with van der Waals surface area (Å²) in [5.41, 5.74) is 0.351. The molecule has 0 saturated heterocycles. The number of aliphatic carboxylic acids is 1. The highest BCUT2D eigenvalue weighted by molar-refractivity contribution is 5.92. The van der Waals surface area contributed by atoms with Gasteiger partial charge in [-0.3, -0.25) is 14.7 Å². The van der Waals surface area contributed by atoms with Gasteiger partial charge in [0.25, 0.3) is 5.91 Å². The van der Waals surface area contributed by atoms with E-state index < -0.39 is 11.4 Å². The molecule has 1 aliphatic carbocycles. The number of amides is 1. The van der Waals surface area contributed by atoms with Crippen molar-refractivity contribution < 1.29 is 14.7 Å². The molecule has 1 heterocycles. The molecule has 1 amide bonds. The average molecular weight is 223 g/mol. The number of carbonyl (C=O) groups is 2. The van der Waals surface area contributed by atoms with Gasteiger partial charge in [0.1, 0.15) is 5.69 Å². The van der Waals surface area contributed by atoms with Gasteiger partial charge in [-0.05, 0) is 25.8 Å². The maximum absolute atomic E-state index is 11.6. The molecule has 0 aromatic carbocycles. The van der Waals surface area contributed by atoms with Gasteiger partial charge in [0, 0.05) is 12.2 Å². The van der Waals surface area contributed by atoms with Crippen molar-refractivity contribution >= 4 is 11.9 Å². The summed E-state index contributed by atoms with van der Waals surface area (Å²) in [6.45, 7) is 1.97. The Balaban J connectivity index is 1.92. The van der Waals surface area contributed by atoms with Crippen LogP contribution in [0.3, 0.4) is 0 Å². The first-order valence-corrected chi connectivity index (χ1v) is 5.07. The number of carboxylic acid groups (broad SMARTS) is 1. The SMILES string of the molecule is Cc1cc(C(=O)NCC2(C(=O)O)CC2)n[nH]1. The lowest BCUT2D eigenvalue weighted by Crippen LogP contribution is -2.34. The topological polar surface area (TPSA) is 95.1 Å². The molecule has 86 valence electrons. The van der Waals surface area contributed by atoms with Crippen molar-refractivity contribution in [3.63, 3.8) is 0 Å². The van der Waals surface area contributed by atoms with Crippen molar-refractivity contribution in [3.8, 4) is 0 Å². The number of H-pyrrole nitrogens is 1. The number of nitrogens with one attached hydrogen (secondary N) is 2. The van der Waals surface area contributed by atoms with Gasteiger partial charge < -0.3 is 10.4 Å². The highest BCUT2D eigenvalue weighted by Crippen LogP contribution is 2.45. The summed E-state index contributed by atoms with van der Waals surface area (Å²) in [5.74, 6) is -1.18. The number of carboxylic acids is 1. The van der Waals surface area contributed by atoms with Crippen molar-refractivity contribution in [1.29, 1.82) is 0 Å². The van der Waals surface area contributed by atoms with Crippen LogP contribution in [0.2, 0.25) is 0 Å². The number of aryl methyl sites for hydroxylation is 1. The second-order valence-corrected chi connectivity index (χ2v) is 4.20. The summed E-state index contributed by atoms with van der Waals surface area (Å²) in [7, 11) is 0. The van der Waals surface area contributed by atoms with Crippen LogP contribution in [-0.2, 0) is 4.79 Å². The Bertz CT molecular complexity index is 434. The van der Waals surface area contributed by atoms with E-state index in [4.69, 9.17) is 5.11 Å². The lowest BCUT2D eigenvalue weighted by atomic mass is 10.1. The Morgan fingerprint density at radius 3 is 2.75 bits per heavy atom. The maximum Gasteiger partial charge on any atom is 0.311 e. The summed E-state index contributed by atoms with van der Waals surface area (Å²) in [6, 6.07) is 1.62. The van der Waals surface area contributed by atoms with E-state index in [1.807, 2.05) is 0 Å². The van der Waals surface area contributed by atoms with Crippen LogP contribution in [0.15, 0.2) is 6.07 Å². The van der Waals surface area contributed by atoms with Gasteiger partial charge in [-0.15, -0.1) is 0 Å². The third-order valence-corrected chi connectivity index (χ3v) is 2.83. The molecule has 6 nitrogen and oxygen atoms in total. The Hall–Kier alpha value is -1.85. The molecule has 2 rings (SSSR count). The number of nitrogens with zero attached hydrogens (tertiary/aromatic N) is 1. The van der Waals surface area contributed by atoms with Gasteiger partial charge in [0.15, 0.2) is 0 Å². The van der Waals surface area contributed by atoms with E-state index in [-0.39, 0.29) is 12.5 Å². The lowest BCUT2D eigenvalue weighted by molar-refractivity contribution is -0.143. The fourth-order valence-corrected chi connectivity index (χ4v) is 1.49. The van der Waals surface area contributed by atoms with Gasteiger partial charge in [0.05, 0.1) is 5.41 Å². The number of hydrogen-bond donors (Lipinski definition) is 3. The fraction of sp³-hybridized carbons (Fsp3) is 0.500. The smallest absolute Gasteiger partial charge is 0.311 e. The molecular weight excluding hydrogens is 210 g/mol. The zero-order valence-electron chi connectivity index (χ0n) is 8.91. The Labute approximate surface area is 92.0 Å². The predicted molar refractivity (Wildman–Crippen MR) is 55.0 cm³/mol. The molecule has 1 aromatic heterocycles. The number of carbonyl (C=O) groups excluding carboxylic acids is 1. The first-order chi connectivity index (χ1) is 7.53. The van der Waals surface area contributed by atoms with Crippen molar-refractivity contribution in [2.45, 2.75) is 19.8 Å². The van der Waals surface area contributed by atoms with Crippen LogP contribution in [0.5, 0.6) is 0 Å². The van der Waals surface area contributed by atoms with Crippen LogP contribution in [0.1, 0.15) is 29.0 Å². The molecular formula is C10H13N3O3. The minimum Gasteiger partial charge on any atom is -0.481 e. The average Bonchev–Trinajstić information content (AvgIpc) is 2.92. The van der Waals surface area contributed by atoms with E-state index in [1.54, 1.807) is 13.0 Å². The molecule has 0 bridgehead atoms. The van der Waals surface area contributed by atoms with Gasteiger partial charge in [-0.2, -0.15) is 5.10 Å². The molecule has 0 atom stereocenters. The van der Waals surface area contributed by atoms with Crippen LogP contribution in [0.4, 0.5) is 0 Å². The first kappa shape index (κ1) is 10.7. The molecule has 0 spiro atoms. The first-order valence-electron chi connectivity index (χ1n) is 5.07. The van der Waals surface area contributed by atoms with E-state index in [0.29, 0.717) is 18.5 Å². The van der Waals surface area contributed by atoms with Crippen molar-refractivity contribution in [2.24, 2.45) is 5.41 Å². The summed E-state index contributed by atoms with van der Waals surface area (Å²) in [6.07, 6.45) is 1.25. The van der Waals surface area contributed by atoms with Crippen molar-refractivity contribution in [3.05, 3.63) is 17.5 Å². The second kappa shape index (κ2) is 3.62. The molecule has 0 aliphatic heterocycles. The Kier molecular flexibility index (Phi) is 2.41. The number of rotatable bonds is 4. The van der Waals surface area contributed by atoms with Gasteiger partial charge >= 0.3 is 5.97 Å². The molecule has 1 saturated carbocycles.